The van der Waals surface area contributed by atoms with Crippen molar-refractivity contribution >= 4 is 64.3 Å². The molecule has 10 heteroatoms. The lowest BCUT2D eigenvalue weighted by molar-refractivity contribution is 0.525. The van der Waals surface area contributed by atoms with Gasteiger partial charge in [0.2, 0.25) is 0 Å². The molecule has 2 aromatic heterocycles. The van der Waals surface area contributed by atoms with Crippen LogP contribution in [0.4, 0.5) is 5.69 Å². The van der Waals surface area contributed by atoms with Gasteiger partial charge < -0.3 is 13.8 Å². The van der Waals surface area contributed by atoms with Crippen LogP contribution in [0, 0.1) is 11.3 Å². The van der Waals surface area contributed by atoms with Crippen molar-refractivity contribution in [1.29, 1.82) is 5.26 Å². The quantitative estimate of drug-likeness (QED) is 0.210. The molecule has 0 unspecified atom stereocenters. The Morgan fingerprint density at radius 1 is 1.05 bits per heavy atom. The first-order valence-electron chi connectivity index (χ1n) is 12.2. The lowest BCUT2D eigenvalue weighted by atomic mass is 9.99. The highest BCUT2D eigenvalue weighted by atomic mass is 35.5. The Morgan fingerprint density at radius 3 is 2.13 bits per heavy atom. The van der Waals surface area contributed by atoms with Crippen molar-refractivity contribution in [2.24, 2.45) is 7.05 Å². The highest BCUT2D eigenvalue weighted by molar-refractivity contribution is 7.77. The number of allylic oxidation sites excluding steroid dienone is 1. The van der Waals surface area contributed by atoms with E-state index < -0.39 is 0 Å². The molecule has 0 atom stereocenters. The second-order valence-corrected chi connectivity index (χ2v) is 10.7. The van der Waals surface area contributed by atoms with Crippen molar-refractivity contribution < 1.29 is 0 Å². The van der Waals surface area contributed by atoms with Crippen LogP contribution < -0.4 is 10.5 Å². The van der Waals surface area contributed by atoms with E-state index in [0.29, 0.717) is 33.3 Å². The molecule has 0 aliphatic heterocycles. The van der Waals surface area contributed by atoms with Gasteiger partial charge in [-0.05, 0) is 60.9 Å². The highest BCUT2D eigenvalue weighted by Gasteiger charge is 2.24. The van der Waals surface area contributed by atoms with Gasteiger partial charge in [-0.15, -0.1) is 0 Å². The maximum absolute atomic E-state index is 13.1. The Hall–Kier alpha value is -3.15. The Morgan fingerprint density at radius 2 is 1.62 bits per heavy atom. The van der Waals surface area contributed by atoms with Crippen LogP contribution in [0.5, 0.6) is 0 Å². The number of nitrogens with zero attached hydrogens (tertiary/aromatic N) is 5. The first-order valence-corrected chi connectivity index (χ1v) is 13.7. The van der Waals surface area contributed by atoms with E-state index in [1.165, 1.54) is 4.57 Å². The van der Waals surface area contributed by atoms with Gasteiger partial charge in [-0.1, -0.05) is 78.8 Å². The van der Waals surface area contributed by atoms with Crippen LogP contribution in [-0.2, 0) is 7.05 Å². The van der Waals surface area contributed by atoms with Gasteiger partial charge in [-0.2, -0.15) is 5.26 Å². The normalized spacial score (nSPS) is 11.6. The summed E-state index contributed by atoms with van der Waals surface area (Å²) in [4.78, 5) is 19.6. The average molecular weight is 599 g/mol. The lowest BCUT2D eigenvalue weighted by Crippen LogP contribution is -2.29. The molecule has 0 amide bonds. The number of hydrogen-bond acceptors (Lipinski definition) is 6. The summed E-state index contributed by atoms with van der Waals surface area (Å²) in [6.45, 7) is 4.51. The number of rotatable bonds is 8. The number of pyridine rings is 2. The number of nitriles is 1. The minimum atomic E-state index is -0.345. The SMILES string of the molecule is CCCN(/C(C)=C\N(S)C(c1ccc(Cl)cc1)c1ccc(Cl)cc1)c1c(Cl)c(=O)n(C)c2ccc(C#N)nc12. The summed E-state index contributed by atoms with van der Waals surface area (Å²) in [6, 6.07) is 20.3. The van der Waals surface area contributed by atoms with E-state index in [1.807, 2.05) is 73.5 Å². The van der Waals surface area contributed by atoms with Crippen LogP contribution in [0.15, 0.2) is 77.4 Å². The second-order valence-electron chi connectivity index (χ2n) is 9.01. The van der Waals surface area contributed by atoms with Gasteiger partial charge in [0.25, 0.3) is 5.56 Å². The Kier molecular flexibility index (Phi) is 9.14. The summed E-state index contributed by atoms with van der Waals surface area (Å²) in [6.07, 6.45) is 2.65. The van der Waals surface area contributed by atoms with Crippen molar-refractivity contribution in [1.82, 2.24) is 13.9 Å². The van der Waals surface area contributed by atoms with Gasteiger partial charge in [0.1, 0.15) is 22.3 Å². The van der Waals surface area contributed by atoms with Crippen LogP contribution in [0.3, 0.4) is 0 Å². The molecule has 2 aromatic carbocycles. The predicted octanol–water partition coefficient (Wildman–Crippen LogP) is 7.78. The molecule has 0 N–H and O–H groups in total. The number of fused-ring (bicyclic) bond motifs is 1. The van der Waals surface area contributed by atoms with E-state index in [-0.39, 0.29) is 22.3 Å². The summed E-state index contributed by atoms with van der Waals surface area (Å²) in [5.41, 5.74) is 4.12. The molecule has 0 aliphatic rings. The zero-order valence-corrected chi connectivity index (χ0v) is 24.7. The van der Waals surface area contributed by atoms with Crippen LogP contribution >= 0.6 is 47.6 Å². The molecule has 0 fully saturated rings. The molecule has 0 bridgehead atoms. The fraction of sp³-hybridized carbons (Fsp3) is 0.207. The molecular weight excluding hydrogens is 573 g/mol. The van der Waals surface area contributed by atoms with Crippen LogP contribution in [-0.4, -0.2) is 20.4 Å². The summed E-state index contributed by atoms with van der Waals surface area (Å²) in [5, 5.41) is 10.8. The number of halogens is 3. The largest absolute Gasteiger partial charge is 0.341 e. The number of thiol groups is 1. The third-order valence-electron chi connectivity index (χ3n) is 6.37. The number of anilines is 1. The molecule has 6 nitrogen and oxygen atoms in total. The standard InChI is InChI=1S/C29H26Cl3N5OS/c1-4-15-36(28-25(32)29(38)35(3)24-14-13-23(16-33)34-26(24)28)18(2)17-37(39)27(19-5-9-21(30)10-6-19)20-7-11-22(31)12-8-20/h5-14,17,27,39H,4,15H2,1-3H3/b18-17-. The molecule has 4 rings (SSSR count). The van der Waals surface area contributed by atoms with Crippen molar-refractivity contribution in [2.75, 3.05) is 11.4 Å². The van der Waals surface area contributed by atoms with Gasteiger partial charge in [-0.25, -0.2) is 4.98 Å². The van der Waals surface area contributed by atoms with Crippen LogP contribution in [0.25, 0.3) is 11.0 Å². The van der Waals surface area contributed by atoms with Crippen molar-refractivity contribution in [3.05, 3.63) is 115 Å². The van der Waals surface area contributed by atoms with Crippen LogP contribution in [0.1, 0.15) is 43.1 Å². The lowest BCUT2D eigenvalue weighted by Gasteiger charge is -2.31. The molecule has 0 radical (unpaired) electrons. The summed E-state index contributed by atoms with van der Waals surface area (Å²) in [5.74, 6) is 0. The van der Waals surface area contributed by atoms with Gasteiger partial charge in [-0.3, -0.25) is 4.79 Å². The number of aryl methyl sites for hydroxylation is 1. The fourth-order valence-corrected chi connectivity index (χ4v) is 5.48. The fourth-order valence-electron chi connectivity index (χ4n) is 4.48. The summed E-state index contributed by atoms with van der Waals surface area (Å²) < 4.78 is 3.25. The highest BCUT2D eigenvalue weighted by Crippen LogP contribution is 2.36. The maximum Gasteiger partial charge on any atom is 0.271 e. The topological polar surface area (TPSA) is 65.2 Å². The first kappa shape index (κ1) is 28.8. The molecule has 0 aliphatic carbocycles. The van der Waals surface area contributed by atoms with E-state index in [4.69, 9.17) is 47.6 Å². The van der Waals surface area contributed by atoms with Crippen molar-refractivity contribution in [3.63, 3.8) is 0 Å². The van der Waals surface area contributed by atoms with Gasteiger partial charge in [0.15, 0.2) is 0 Å². The molecule has 2 heterocycles. The van der Waals surface area contributed by atoms with Crippen LogP contribution in [0.2, 0.25) is 15.1 Å². The number of benzene rings is 2. The molecule has 200 valence electrons. The Labute approximate surface area is 248 Å². The minimum Gasteiger partial charge on any atom is -0.341 e. The molecule has 4 aromatic rings. The number of hydrogen-bond donors (Lipinski definition) is 1. The monoisotopic (exact) mass is 597 g/mol. The zero-order valence-electron chi connectivity index (χ0n) is 21.6. The molecule has 0 saturated heterocycles. The molecular formula is C29H26Cl3N5OS. The first-order chi connectivity index (χ1) is 18.7. The Balaban J connectivity index is 1.87. The molecule has 39 heavy (non-hydrogen) atoms. The third kappa shape index (κ3) is 6.05. The van der Waals surface area contributed by atoms with E-state index in [0.717, 1.165) is 23.2 Å². The van der Waals surface area contributed by atoms with E-state index >= 15 is 0 Å². The Bertz CT molecular complexity index is 1580. The van der Waals surface area contributed by atoms with E-state index in [2.05, 4.69) is 11.1 Å². The van der Waals surface area contributed by atoms with E-state index in [9.17, 15) is 10.1 Å². The van der Waals surface area contributed by atoms with Gasteiger partial charge in [0.05, 0.1) is 17.2 Å². The van der Waals surface area contributed by atoms with Crippen molar-refractivity contribution in [2.45, 2.75) is 26.3 Å². The second kappa shape index (κ2) is 12.4. The van der Waals surface area contributed by atoms with Gasteiger partial charge >= 0.3 is 0 Å². The smallest absolute Gasteiger partial charge is 0.271 e. The minimum absolute atomic E-state index is 0.0338. The zero-order chi connectivity index (χ0) is 28.3. The molecule has 0 saturated carbocycles. The van der Waals surface area contributed by atoms with Gasteiger partial charge in [0, 0.05) is 35.5 Å². The maximum atomic E-state index is 13.1. The molecule has 0 spiro atoms. The third-order valence-corrected chi connectivity index (χ3v) is 7.56. The summed E-state index contributed by atoms with van der Waals surface area (Å²) >= 11 is 23.9. The van der Waals surface area contributed by atoms with Crippen molar-refractivity contribution in [3.8, 4) is 6.07 Å². The summed E-state index contributed by atoms with van der Waals surface area (Å²) in [7, 11) is 1.64. The predicted molar refractivity (Wildman–Crippen MR) is 164 cm³/mol. The van der Waals surface area contributed by atoms with E-state index in [1.54, 1.807) is 23.5 Å². The number of aromatic nitrogens is 2. The average Bonchev–Trinajstić information content (AvgIpc) is 2.93.